The van der Waals surface area contributed by atoms with Gasteiger partial charge in [0.15, 0.2) is 0 Å². The maximum atomic E-state index is 12.6. The lowest BCUT2D eigenvalue weighted by molar-refractivity contribution is -0.144. The molecule has 2 heterocycles. The van der Waals surface area contributed by atoms with E-state index >= 15 is 0 Å². The highest BCUT2D eigenvalue weighted by molar-refractivity contribution is 7.09. The van der Waals surface area contributed by atoms with Crippen molar-refractivity contribution in [2.24, 2.45) is 0 Å². The van der Waals surface area contributed by atoms with E-state index in [1.54, 1.807) is 7.05 Å². The van der Waals surface area contributed by atoms with Crippen LogP contribution in [0.3, 0.4) is 0 Å². The molecule has 0 saturated heterocycles. The Hall–Kier alpha value is -1.41. The predicted octanol–water partition coefficient (Wildman–Crippen LogP) is 3.55. The lowest BCUT2D eigenvalue weighted by atomic mass is 10.4. The Kier molecular flexibility index (Phi) is 4.14. The molecule has 0 atom stereocenters. The second-order valence-corrected chi connectivity index (χ2v) is 5.53. The number of thiazole rings is 1. The van der Waals surface area contributed by atoms with E-state index in [9.17, 15) is 13.2 Å². The summed E-state index contributed by atoms with van der Waals surface area (Å²) in [6.07, 6.45) is -4.63. The minimum absolute atomic E-state index is 0.1000. The summed E-state index contributed by atoms with van der Waals surface area (Å²) in [7, 11) is 1.62. The SMILES string of the molecule is Cc1nc(CN(C)c2cc(Cl)nc(C(F)(F)F)n2)cs1. The first kappa shape index (κ1) is 15.0. The van der Waals surface area contributed by atoms with E-state index in [1.807, 2.05) is 12.3 Å². The van der Waals surface area contributed by atoms with Crippen molar-refractivity contribution in [3.63, 3.8) is 0 Å². The smallest absolute Gasteiger partial charge is 0.354 e. The molecule has 2 aromatic rings. The fourth-order valence-electron chi connectivity index (χ4n) is 1.53. The fourth-order valence-corrected chi connectivity index (χ4v) is 2.31. The molecule has 4 nitrogen and oxygen atoms in total. The highest BCUT2D eigenvalue weighted by Crippen LogP contribution is 2.29. The Balaban J connectivity index is 2.25. The van der Waals surface area contributed by atoms with Gasteiger partial charge < -0.3 is 4.90 Å². The number of halogens is 4. The lowest BCUT2D eigenvalue weighted by Crippen LogP contribution is -2.21. The van der Waals surface area contributed by atoms with Crippen molar-refractivity contribution in [1.82, 2.24) is 15.0 Å². The minimum atomic E-state index is -4.63. The van der Waals surface area contributed by atoms with Crippen LogP contribution < -0.4 is 4.90 Å². The number of alkyl halides is 3. The van der Waals surface area contributed by atoms with E-state index in [1.165, 1.54) is 22.3 Å². The van der Waals surface area contributed by atoms with Crippen LogP contribution in [0.5, 0.6) is 0 Å². The number of hydrogen-bond donors (Lipinski definition) is 0. The van der Waals surface area contributed by atoms with Crippen LogP contribution in [0.25, 0.3) is 0 Å². The quantitative estimate of drug-likeness (QED) is 0.810. The number of anilines is 1. The Morgan fingerprint density at radius 1 is 1.30 bits per heavy atom. The van der Waals surface area contributed by atoms with Crippen molar-refractivity contribution in [2.75, 3.05) is 11.9 Å². The summed E-state index contributed by atoms with van der Waals surface area (Å²) in [5, 5.41) is 2.49. The highest BCUT2D eigenvalue weighted by atomic mass is 35.5. The van der Waals surface area contributed by atoms with E-state index in [4.69, 9.17) is 11.6 Å². The first-order valence-corrected chi connectivity index (χ1v) is 6.75. The molecule has 108 valence electrons. The van der Waals surface area contributed by atoms with Crippen molar-refractivity contribution in [3.05, 3.63) is 33.1 Å². The van der Waals surface area contributed by atoms with Crippen LogP contribution in [0, 0.1) is 6.92 Å². The van der Waals surface area contributed by atoms with E-state index in [2.05, 4.69) is 15.0 Å². The van der Waals surface area contributed by atoms with Gasteiger partial charge in [-0.25, -0.2) is 15.0 Å². The molecule has 0 spiro atoms. The molecule has 0 N–H and O–H groups in total. The van der Waals surface area contributed by atoms with E-state index in [0.29, 0.717) is 6.54 Å². The van der Waals surface area contributed by atoms with Gasteiger partial charge in [-0.15, -0.1) is 11.3 Å². The molecule has 0 amide bonds. The zero-order valence-electron chi connectivity index (χ0n) is 10.6. The maximum absolute atomic E-state index is 12.6. The van der Waals surface area contributed by atoms with Crippen LogP contribution in [0.2, 0.25) is 5.15 Å². The summed E-state index contributed by atoms with van der Waals surface area (Å²) < 4.78 is 37.9. The number of nitrogens with zero attached hydrogens (tertiary/aromatic N) is 4. The van der Waals surface area contributed by atoms with Gasteiger partial charge in [-0.2, -0.15) is 13.2 Å². The van der Waals surface area contributed by atoms with Crippen molar-refractivity contribution in [3.8, 4) is 0 Å². The third-order valence-electron chi connectivity index (χ3n) is 2.39. The third-order valence-corrected chi connectivity index (χ3v) is 3.41. The zero-order valence-corrected chi connectivity index (χ0v) is 12.1. The zero-order chi connectivity index (χ0) is 14.9. The second kappa shape index (κ2) is 5.53. The third kappa shape index (κ3) is 3.57. The first-order valence-electron chi connectivity index (χ1n) is 5.49. The lowest BCUT2D eigenvalue weighted by Gasteiger charge is -2.18. The topological polar surface area (TPSA) is 41.9 Å². The average molecular weight is 323 g/mol. The minimum Gasteiger partial charge on any atom is -0.354 e. The van der Waals surface area contributed by atoms with Crippen molar-refractivity contribution in [1.29, 1.82) is 0 Å². The van der Waals surface area contributed by atoms with Crippen molar-refractivity contribution in [2.45, 2.75) is 19.6 Å². The summed E-state index contributed by atoms with van der Waals surface area (Å²) in [4.78, 5) is 12.5. The first-order chi connectivity index (χ1) is 9.25. The van der Waals surface area contributed by atoms with Gasteiger partial charge in [-0.05, 0) is 6.92 Å². The van der Waals surface area contributed by atoms with Gasteiger partial charge in [0.1, 0.15) is 11.0 Å². The van der Waals surface area contributed by atoms with Crippen LogP contribution in [0.15, 0.2) is 11.4 Å². The molecule has 0 bridgehead atoms. The summed E-state index contributed by atoms with van der Waals surface area (Å²) in [5.41, 5.74) is 0.762. The predicted molar refractivity (Wildman–Crippen MR) is 71.0 cm³/mol. The second-order valence-electron chi connectivity index (χ2n) is 4.08. The van der Waals surface area contributed by atoms with Crippen LogP contribution in [-0.2, 0) is 12.7 Å². The number of rotatable bonds is 3. The van der Waals surface area contributed by atoms with Crippen LogP contribution in [0.1, 0.15) is 16.5 Å². The molecule has 9 heteroatoms. The Morgan fingerprint density at radius 3 is 2.55 bits per heavy atom. The maximum Gasteiger partial charge on any atom is 0.451 e. The number of hydrogen-bond acceptors (Lipinski definition) is 5. The summed E-state index contributed by atoms with van der Waals surface area (Å²) in [5.74, 6) is -1.15. The molecule has 0 aliphatic rings. The van der Waals surface area contributed by atoms with E-state index < -0.39 is 12.0 Å². The molecule has 0 aliphatic heterocycles. The van der Waals surface area contributed by atoms with E-state index in [0.717, 1.165) is 10.7 Å². The molecule has 0 radical (unpaired) electrons. The van der Waals surface area contributed by atoms with Gasteiger partial charge in [-0.1, -0.05) is 11.6 Å². The largest absolute Gasteiger partial charge is 0.451 e. The molecule has 0 fully saturated rings. The summed E-state index contributed by atoms with van der Waals surface area (Å²) >= 11 is 7.09. The molecular weight excluding hydrogens is 313 g/mol. The molecule has 0 aromatic carbocycles. The van der Waals surface area contributed by atoms with Crippen LogP contribution in [-0.4, -0.2) is 22.0 Å². The Bertz CT molecular complexity index is 614. The Morgan fingerprint density at radius 2 is 2.00 bits per heavy atom. The molecule has 20 heavy (non-hydrogen) atoms. The van der Waals surface area contributed by atoms with Gasteiger partial charge in [0.05, 0.1) is 17.2 Å². The van der Waals surface area contributed by atoms with Crippen molar-refractivity contribution >= 4 is 28.8 Å². The van der Waals surface area contributed by atoms with Gasteiger partial charge in [0.25, 0.3) is 0 Å². The van der Waals surface area contributed by atoms with Gasteiger partial charge in [-0.3, -0.25) is 0 Å². The molecular formula is C11H10ClF3N4S. The van der Waals surface area contributed by atoms with Gasteiger partial charge >= 0.3 is 6.18 Å². The molecule has 2 aromatic heterocycles. The normalized spacial score (nSPS) is 11.7. The Labute approximate surface area is 122 Å². The summed E-state index contributed by atoms with van der Waals surface area (Å²) in [6.45, 7) is 2.20. The average Bonchev–Trinajstić information content (AvgIpc) is 2.72. The van der Waals surface area contributed by atoms with Crippen LogP contribution >= 0.6 is 22.9 Å². The molecule has 0 saturated carbocycles. The summed E-state index contributed by atoms with van der Waals surface area (Å²) in [6, 6.07) is 1.29. The number of aryl methyl sites for hydroxylation is 1. The standard InChI is InChI=1S/C11H10ClF3N4S/c1-6-16-7(5-20-6)4-19(2)9-3-8(12)17-10(18-9)11(13,14)15/h3,5H,4H2,1-2H3. The van der Waals surface area contributed by atoms with Crippen LogP contribution in [0.4, 0.5) is 19.0 Å². The molecule has 0 aliphatic carbocycles. The molecule has 2 rings (SSSR count). The van der Waals surface area contributed by atoms with Crippen molar-refractivity contribution < 1.29 is 13.2 Å². The van der Waals surface area contributed by atoms with Gasteiger partial charge in [0.2, 0.25) is 5.82 Å². The number of aromatic nitrogens is 3. The van der Waals surface area contributed by atoms with Gasteiger partial charge in [0, 0.05) is 18.5 Å². The molecule has 0 unspecified atom stereocenters. The highest BCUT2D eigenvalue weighted by Gasteiger charge is 2.35. The monoisotopic (exact) mass is 322 g/mol. The van der Waals surface area contributed by atoms with E-state index in [-0.39, 0.29) is 11.0 Å². The fraction of sp³-hybridized carbons (Fsp3) is 0.364.